The van der Waals surface area contributed by atoms with E-state index in [0.717, 1.165) is 34.7 Å². The number of amides is 7. The maximum absolute atomic E-state index is 14.6. The fourth-order valence-electron chi connectivity index (χ4n) is 8.67. The number of nitrogens with zero attached hydrogens (tertiary/aromatic N) is 2. The molecule has 342 valence electrons. The van der Waals surface area contributed by atoms with E-state index in [2.05, 4.69) is 26.6 Å². The molecule has 0 saturated carbocycles. The molecule has 2 aliphatic heterocycles. The van der Waals surface area contributed by atoms with Crippen LogP contribution in [0.4, 0.5) is 9.59 Å². The van der Waals surface area contributed by atoms with Crippen molar-refractivity contribution in [3.63, 3.8) is 0 Å². The molecule has 5 rings (SSSR count). The molecule has 14 nitrogen and oxygen atoms in total. The summed E-state index contributed by atoms with van der Waals surface area (Å²) in [6.45, 7) is 11.6. The summed E-state index contributed by atoms with van der Waals surface area (Å²) in [4.78, 5) is 83.6. The summed E-state index contributed by atoms with van der Waals surface area (Å²) in [6, 6.07) is 21.8. The van der Waals surface area contributed by atoms with Crippen molar-refractivity contribution in [2.45, 2.75) is 129 Å². The number of rotatable bonds is 18. The molecule has 4 unspecified atom stereocenters. The van der Waals surface area contributed by atoms with Gasteiger partial charge in [0, 0.05) is 70.6 Å². The third-order valence-electron chi connectivity index (χ3n) is 11.7. The summed E-state index contributed by atoms with van der Waals surface area (Å²) < 4.78 is 5.23. The highest BCUT2D eigenvalue weighted by Gasteiger charge is 2.44. The van der Waals surface area contributed by atoms with Gasteiger partial charge in [-0.1, -0.05) is 79.2 Å². The molecule has 2 saturated heterocycles. The highest BCUT2D eigenvalue weighted by atomic mass is 16.6. The van der Waals surface area contributed by atoms with Gasteiger partial charge < -0.3 is 41.1 Å². The molecule has 0 aliphatic carbocycles. The third-order valence-corrected chi connectivity index (χ3v) is 11.7. The normalized spacial score (nSPS) is 18.7. The van der Waals surface area contributed by atoms with Crippen molar-refractivity contribution >= 4 is 46.5 Å². The van der Waals surface area contributed by atoms with Gasteiger partial charge in [-0.2, -0.15) is 0 Å². The lowest BCUT2D eigenvalue weighted by atomic mass is 9.74. The molecule has 2 aliphatic rings. The van der Waals surface area contributed by atoms with Gasteiger partial charge in [0.25, 0.3) is 0 Å². The van der Waals surface area contributed by atoms with Crippen LogP contribution in [0.1, 0.15) is 104 Å². The summed E-state index contributed by atoms with van der Waals surface area (Å²) >= 11 is 0. The summed E-state index contributed by atoms with van der Waals surface area (Å²) in [5, 5.41) is 16.9. The molecule has 2 fully saturated rings. The lowest BCUT2D eigenvalue weighted by Gasteiger charge is -2.43. The van der Waals surface area contributed by atoms with Crippen LogP contribution in [-0.2, 0) is 36.8 Å². The van der Waals surface area contributed by atoms with Gasteiger partial charge in [0.15, 0.2) is 0 Å². The van der Waals surface area contributed by atoms with Gasteiger partial charge in [-0.15, -0.1) is 0 Å². The Kier molecular flexibility index (Phi) is 17.8. The van der Waals surface area contributed by atoms with E-state index in [0.29, 0.717) is 77.7 Å². The van der Waals surface area contributed by atoms with Crippen molar-refractivity contribution in [3.05, 3.63) is 83.9 Å². The average Bonchev–Trinajstić information content (AvgIpc) is 3.24. The van der Waals surface area contributed by atoms with Gasteiger partial charge in [-0.3, -0.25) is 19.2 Å². The Morgan fingerprint density at radius 1 is 0.825 bits per heavy atom. The van der Waals surface area contributed by atoms with Crippen molar-refractivity contribution in [1.82, 2.24) is 36.4 Å². The van der Waals surface area contributed by atoms with Crippen LogP contribution in [0.5, 0.6) is 0 Å². The number of urea groups is 1. The molecule has 63 heavy (non-hydrogen) atoms. The molecule has 3 aromatic rings. The van der Waals surface area contributed by atoms with E-state index in [1.165, 1.54) is 0 Å². The first-order chi connectivity index (χ1) is 30.1. The number of alkyl carbamates (subject to hydrolysis) is 1. The molecule has 0 bridgehead atoms. The van der Waals surface area contributed by atoms with E-state index >= 15 is 0 Å². The van der Waals surface area contributed by atoms with Crippen LogP contribution in [0.15, 0.2) is 72.8 Å². The van der Waals surface area contributed by atoms with Gasteiger partial charge in [0.05, 0.1) is 5.41 Å². The molecular weight excluding hydrogens is 799 g/mol. The summed E-state index contributed by atoms with van der Waals surface area (Å²) in [7, 11) is 0. The number of nitrogens with one attached hydrogen (secondary N) is 5. The SMILES string of the molecule is CCNC(=O)C1(Cc2ccccc2)CCCN(C(=O)C(Cc2ccc3ccccc3c2)NC(=O)NC2CCCN(C(=O)CC(C)NC(=O)CCCCCNC(=O)OC(C)(C)C)C2)C1. The number of piperidine rings is 2. The standard InChI is InChI=1S/C49H69N7O7/c1-6-50-45(60)49(32-36-17-9-7-10-18-36)25-16-28-56(34-49)44(59)41(31-37-23-24-38-19-12-13-20-39(38)30-37)54-46(61)53-40-21-15-27-55(33-40)43(58)29-35(2)52-42(57)22-11-8-14-26-51-47(62)63-48(3,4)5/h7,9-10,12-13,17-20,23-24,30,35,40-41H,6,8,11,14-16,21-22,25-29,31-34H2,1-5H3,(H,50,60)(H,51,62)(H,52,57)(H2,53,54,61). The monoisotopic (exact) mass is 868 g/mol. The molecule has 5 N–H and O–H groups in total. The Morgan fingerprint density at radius 3 is 2.30 bits per heavy atom. The average molecular weight is 868 g/mol. The van der Waals surface area contributed by atoms with Crippen molar-refractivity contribution < 1.29 is 33.5 Å². The van der Waals surface area contributed by atoms with Crippen LogP contribution in [-0.4, -0.2) is 109 Å². The number of carbonyl (C=O) groups excluding carboxylic acids is 6. The number of fused-ring (bicyclic) bond motifs is 1. The highest BCUT2D eigenvalue weighted by molar-refractivity contribution is 5.90. The van der Waals surface area contributed by atoms with Crippen molar-refractivity contribution in [2.75, 3.05) is 39.3 Å². The van der Waals surface area contributed by atoms with Crippen molar-refractivity contribution in [1.29, 1.82) is 0 Å². The number of unbranched alkanes of at least 4 members (excludes halogenated alkanes) is 2. The van der Waals surface area contributed by atoms with Gasteiger partial charge in [-0.25, -0.2) is 9.59 Å². The molecule has 4 atom stereocenters. The fraction of sp³-hybridized carbons (Fsp3) is 0.551. The van der Waals surface area contributed by atoms with Crippen LogP contribution in [0.3, 0.4) is 0 Å². The van der Waals surface area contributed by atoms with E-state index in [9.17, 15) is 28.8 Å². The van der Waals surface area contributed by atoms with Crippen LogP contribution in [0, 0.1) is 5.41 Å². The van der Waals surface area contributed by atoms with Crippen molar-refractivity contribution in [2.24, 2.45) is 5.41 Å². The molecule has 2 heterocycles. The molecule has 7 amide bonds. The van der Waals surface area contributed by atoms with Crippen LogP contribution in [0.2, 0.25) is 0 Å². The molecule has 0 spiro atoms. The highest BCUT2D eigenvalue weighted by Crippen LogP contribution is 2.35. The van der Waals surface area contributed by atoms with Crippen LogP contribution in [0.25, 0.3) is 10.8 Å². The fourth-order valence-corrected chi connectivity index (χ4v) is 8.67. The van der Waals surface area contributed by atoms with E-state index in [1.807, 2.05) is 107 Å². The lowest BCUT2D eigenvalue weighted by Crippen LogP contribution is -2.60. The number of hydrogen-bond donors (Lipinski definition) is 5. The third kappa shape index (κ3) is 15.3. The Hall–Kier alpha value is -5.66. The topological polar surface area (TPSA) is 178 Å². The van der Waals surface area contributed by atoms with Crippen LogP contribution < -0.4 is 26.6 Å². The quantitative estimate of drug-likeness (QED) is 0.0973. The number of benzene rings is 3. The zero-order valence-electron chi connectivity index (χ0n) is 37.9. The maximum atomic E-state index is 14.6. The Morgan fingerprint density at radius 2 is 1.56 bits per heavy atom. The first-order valence-corrected chi connectivity index (χ1v) is 22.8. The number of likely N-dealkylation sites (tertiary alicyclic amines) is 2. The minimum Gasteiger partial charge on any atom is -0.444 e. The molecule has 0 aromatic heterocycles. The van der Waals surface area contributed by atoms with E-state index in [1.54, 1.807) is 9.80 Å². The van der Waals surface area contributed by atoms with Gasteiger partial charge in [0.2, 0.25) is 23.6 Å². The van der Waals surface area contributed by atoms with Gasteiger partial charge >= 0.3 is 12.1 Å². The molecule has 0 radical (unpaired) electrons. The lowest BCUT2D eigenvalue weighted by molar-refractivity contribution is -0.143. The maximum Gasteiger partial charge on any atom is 0.407 e. The number of carbonyl (C=O) groups is 6. The van der Waals surface area contributed by atoms with E-state index < -0.39 is 29.2 Å². The van der Waals surface area contributed by atoms with Crippen LogP contribution >= 0.6 is 0 Å². The summed E-state index contributed by atoms with van der Waals surface area (Å²) in [5.41, 5.74) is 0.548. The first kappa shape index (κ1) is 48.4. The summed E-state index contributed by atoms with van der Waals surface area (Å²) in [5.74, 6) is -0.557. The van der Waals surface area contributed by atoms with Crippen molar-refractivity contribution in [3.8, 4) is 0 Å². The Labute approximate surface area is 373 Å². The van der Waals surface area contributed by atoms with Gasteiger partial charge in [0.1, 0.15) is 11.6 Å². The molecule has 3 aromatic carbocycles. The minimum atomic E-state index is -0.910. The predicted octanol–water partition coefficient (Wildman–Crippen LogP) is 6.01. The second-order valence-corrected chi connectivity index (χ2v) is 18.3. The largest absolute Gasteiger partial charge is 0.444 e. The molecule has 14 heteroatoms. The minimum absolute atomic E-state index is 0.0745. The smallest absolute Gasteiger partial charge is 0.407 e. The Balaban J connectivity index is 1.16. The zero-order chi connectivity index (χ0) is 45.4. The number of ether oxygens (including phenoxy) is 1. The molecular formula is C49H69N7O7. The second kappa shape index (κ2) is 23.1. The van der Waals surface area contributed by atoms with E-state index in [4.69, 9.17) is 4.74 Å². The second-order valence-electron chi connectivity index (χ2n) is 18.3. The summed E-state index contributed by atoms with van der Waals surface area (Å²) in [6.07, 6.45) is 5.52. The zero-order valence-corrected chi connectivity index (χ0v) is 37.9. The predicted molar refractivity (Wildman–Crippen MR) is 245 cm³/mol. The Bertz CT molecular complexity index is 2020. The van der Waals surface area contributed by atoms with Gasteiger partial charge in [-0.05, 0) is 101 Å². The first-order valence-electron chi connectivity index (χ1n) is 22.8. The van der Waals surface area contributed by atoms with E-state index in [-0.39, 0.29) is 55.1 Å². The number of hydrogen-bond acceptors (Lipinski definition) is 7.